The highest BCUT2D eigenvalue weighted by Crippen LogP contribution is 2.45. The zero-order valence-electron chi connectivity index (χ0n) is 26.8. The monoisotopic (exact) mass is 644 g/mol. The molecule has 1 aromatic carbocycles. The number of carbonyl (C=O) groups is 4. The van der Waals surface area contributed by atoms with Crippen LogP contribution < -0.4 is 15.4 Å². The smallest absolute Gasteiger partial charge is 0.408 e. The Balaban J connectivity index is 1.33. The molecule has 3 amide bonds. The lowest BCUT2D eigenvalue weighted by Gasteiger charge is -2.30. The molecular weight excluding hydrogens is 604 g/mol. The van der Waals surface area contributed by atoms with Gasteiger partial charge in [0.25, 0.3) is 0 Å². The average molecular weight is 645 g/mol. The van der Waals surface area contributed by atoms with Crippen molar-refractivity contribution in [3.05, 3.63) is 48.9 Å². The van der Waals surface area contributed by atoms with Gasteiger partial charge < -0.3 is 30.1 Å². The van der Waals surface area contributed by atoms with Crippen LogP contribution in [0.15, 0.2) is 48.9 Å². The maximum atomic E-state index is 14.3. The number of carbonyl (C=O) groups excluding carboxylic acids is 3. The van der Waals surface area contributed by atoms with Crippen LogP contribution in [0, 0.1) is 5.92 Å². The number of ether oxygens (including phenoxy) is 2. The molecule has 13 heteroatoms. The van der Waals surface area contributed by atoms with Crippen molar-refractivity contribution in [2.75, 3.05) is 6.54 Å². The first-order chi connectivity index (χ1) is 22.4. The number of carboxylic acid groups (broad SMARTS) is 1. The van der Waals surface area contributed by atoms with Crippen LogP contribution in [-0.4, -0.2) is 84.7 Å². The fraction of sp³-hybridized carbons (Fsp3) is 0.500. The summed E-state index contributed by atoms with van der Waals surface area (Å²) in [7, 11) is 0. The van der Waals surface area contributed by atoms with Gasteiger partial charge in [0.1, 0.15) is 35.7 Å². The maximum Gasteiger partial charge on any atom is 0.408 e. The number of carboxylic acids is 1. The fourth-order valence-corrected chi connectivity index (χ4v) is 6.51. The number of allylic oxidation sites excluding steroid dienone is 1. The van der Waals surface area contributed by atoms with Gasteiger partial charge >= 0.3 is 12.1 Å². The third kappa shape index (κ3) is 6.84. The Kier molecular flexibility index (Phi) is 8.73. The summed E-state index contributed by atoms with van der Waals surface area (Å²) in [4.78, 5) is 67.9. The molecule has 3 aliphatic rings. The number of rotatable bonds is 4. The number of aliphatic carboxylic acids is 1. The standard InChI is InChI=1S/C34H40N6O7/c1-33(2,3)47-32(45)37-25-14-8-6-4-5-7-11-20-16-34(20,31(43)44)39-28(41)26-15-21(18-40(26)30(25)42)46-29-23-13-10-9-12-22(23)24-17-35-19-36-27(24)38-29/h7,9-13,17,19-21,25-26H,4-6,8,14-16,18H2,1-3H3,(H,37,45)(H,39,41)(H,43,44)/b11-7-/t20-,21-,25+,26+,34-/m1/s1. The van der Waals surface area contributed by atoms with E-state index in [-0.39, 0.29) is 25.3 Å². The summed E-state index contributed by atoms with van der Waals surface area (Å²) in [5.74, 6) is -2.21. The molecule has 4 heterocycles. The van der Waals surface area contributed by atoms with Crippen molar-refractivity contribution >= 4 is 45.7 Å². The number of nitrogens with zero attached hydrogens (tertiary/aromatic N) is 4. The second-order valence-corrected chi connectivity index (χ2v) is 13.5. The van der Waals surface area contributed by atoms with Crippen molar-refractivity contribution in [2.24, 2.45) is 5.92 Å². The third-order valence-corrected chi connectivity index (χ3v) is 8.94. The Morgan fingerprint density at radius 1 is 1.11 bits per heavy atom. The van der Waals surface area contributed by atoms with Gasteiger partial charge in [0.15, 0.2) is 5.65 Å². The Bertz CT molecular complexity index is 1740. The first-order valence-electron chi connectivity index (χ1n) is 16.1. The van der Waals surface area contributed by atoms with Gasteiger partial charge in [0.2, 0.25) is 17.7 Å². The number of nitrogens with one attached hydrogen (secondary N) is 2. The van der Waals surface area contributed by atoms with E-state index in [1.807, 2.05) is 36.4 Å². The summed E-state index contributed by atoms with van der Waals surface area (Å²) in [5, 5.41) is 18.0. The Morgan fingerprint density at radius 2 is 1.89 bits per heavy atom. The van der Waals surface area contributed by atoms with Crippen LogP contribution in [0.5, 0.6) is 5.88 Å². The molecule has 3 N–H and O–H groups in total. The van der Waals surface area contributed by atoms with Gasteiger partial charge in [-0.3, -0.25) is 9.59 Å². The zero-order chi connectivity index (χ0) is 33.3. The van der Waals surface area contributed by atoms with Gasteiger partial charge in [0, 0.05) is 29.3 Å². The number of pyridine rings is 1. The van der Waals surface area contributed by atoms with Crippen molar-refractivity contribution in [2.45, 2.75) is 95.0 Å². The summed E-state index contributed by atoms with van der Waals surface area (Å²) in [6.45, 7) is 5.23. The van der Waals surface area contributed by atoms with Crippen LogP contribution in [0.2, 0.25) is 0 Å². The van der Waals surface area contributed by atoms with Crippen LogP contribution in [0.1, 0.15) is 65.7 Å². The lowest BCUT2D eigenvalue weighted by Crippen LogP contribution is -2.56. The largest absolute Gasteiger partial charge is 0.479 e. The SMILES string of the molecule is CC(C)(C)OC(=O)N[C@H]1CCCCC/C=C\[C@@H]2C[C@@]2(C(=O)O)NC(=O)[C@@H]2C[C@@H](Oc3nc4ncncc4c4ccccc34)CN2C1=O. The van der Waals surface area contributed by atoms with E-state index in [0.29, 0.717) is 24.4 Å². The van der Waals surface area contributed by atoms with Gasteiger partial charge in [-0.25, -0.2) is 19.6 Å². The quantitative estimate of drug-likeness (QED) is 0.279. The Hall–Kier alpha value is -4.81. The number of hydrogen-bond acceptors (Lipinski definition) is 9. The van der Waals surface area contributed by atoms with Crippen LogP contribution in [-0.2, 0) is 19.1 Å². The van der Waals surface area contributed by atoms with Crippen molar-refractivity contribution in [1.82, 2.24) is 30.5 Å². The molecule has 47 heavy (non-hydrogen) atoms. The van der Waals surface area contributed by atoms with Crippen molar-refractivity contribution in [1.29, 1.82) is 0 Å². The lowest BCUT2D eigenvalue weighted by atomic mass is 10.0. The van der Waals surface area contributed by atoms with Gasteiger partial charge in [-0.15, -0.1) is 0 Å². The van der Waals surface area contributed by atoms with Gasteiger partial charge in [-0.1, -0.05) is 43.2 Å². The van der Waals surface area contributed by atoms with Crippen molar-refractivity contribution < 1.29 is 33.8 Å². The van der Waals surface area contributed by atoms with E-state index in [1.54, 1.807) is 27.0 Å². The van der Waals surface area contributed by atoms with Gasteiger partial charge in [-0.05, 0) is 57.9 Å². The predicted molar refractivity (Wildman–Crippen MR) is 171 cm³/mol. The molecule has 0 unspecified atom stereocenters. The summed E-state index contributed by atoms with van der Waals surface area (Å²) >= 11 is 0. The highest BCUT2D eigenvalue weighted by atomic mass is 16.6. The number of hydrogen-bond donors (Lipinski definition) is 3. The fourth-order valence-electron chi connectivity index (χ4n) is 6.51. The van der Waals surface area contributed by atoms with E-state index in [9.17, 15) is 24.3 Å². The predicted octanol–water partition coefficient (Wildman–Crippen LogP) is 3.90. The minimum absolute atomic E-state index is 0.0185. The highest BCUT2D eigenvalue weighted by Gasteiger charge is 2.61. The molecule has 3 aromatic rings. The van der Waals surface area contributed by atoms with E-state index < -0.39 is 53.2 Å². The number of fused-ring (bicyclic) bond motifs is 5. The summed E-state index contributed by atoms with van der Waals surface area (Å²) in [5.41, 5.74) is -1.78. The van der Waals surface area contributed by atoms with Crippen LogP contribution in [0.3, 0.4) is 0 Å². The number of aromatic nitrogens is 3. The molecular formula is C34H40N6O7. The number of alkyl carbamates (subject to hydrolysis) is 1. The minimum Gasteiger partial charge on any atom is -0.479 e. The molecule has 2 fully saturated rings. The maximum absolute atomic E-state index is 14.3. The van der Waals surface area contributed by atoms with Crippen LogP contribution >= 0.6 is 0 Å². The van der Waals surface area contributed by atoms with Crippen molar-refractivity contribution in [3.8, 4) is 5.88 Å². The van der Waals surface area contributed by atoms with Crippen molar-refractivity contribution in [3.63, 3.8) is 0 Å². The second-order valence-electron chi connectivity index (χ2n) is 13.5. The number of benzene rings is 1. The normalized spacial score (nSPS) is 27.5. The molecule has 1 saturated carbocycles. The molecule has 0 bridgehead atoms. The van der Waals surface area contributed by atoms with E-state index in [2.05, 4.69) is 25.6 Å². The van der Waals surface area contributed by atoms with Crippen LogP contribution in [0.4, 0.5) is 4.79 Å². The molecule has 13 nitrogen and oxygen atoms in total. The Morgan fingerprint density at radius 3 is 2.66 bits per heavy atom. The first-order valence-corrected chi connectivity index (χ1v) is 16.1. The Labute approximate surface area is 272 Å². The first kappa shape index (κ1) is 32.1. The summed E-state index contributed by atoms with van der Waals surface area (Å²) in [6, 6.07) is 5.54. The highest BCUT2D eigenvalue weighted by molar-refractivity contribution is 6.06. The average Bonchev–Trinajstić information content (AvgIpc) is 3.56. The van der Waals surface area contributed by atoms with Gasteiger partial charge in [-0.2, -0.15) is 4.98 Å². The van der Waals surface area contributed by atoms with E-state index in [0.717, 1.165) is 35.4 Å². The molecule has 6 rings (SSSR count). The van der Waals surface area contributed by atoms with E-state index >= 15 is 0 Å². The number of amides is 3. The minimum atomic E-state index is -1.44. The lowest BCUT2D eigenvalue weighted by molar-refractivity contribution is -0.145. The van der Waals surface area contributed by atoms with E-state index in [1.165, 1.54) is 11.2 Å². The molecule has 248 valence electrons. The molecule has 0 spiro atoms. The molecule has 5 atom stereocenters. The van der Waals surface area contributed by atoms with Gasteiger partial charge in [0.05, 0.1) is 6.54 Å². The second kappa shape index (κ2) is 12.8. The molecule has 2 aliphatic heterocycles. The van der Waals surface area contributed by atoms with Crippen LogP contribution in [0.25, 0.3) is 21.8 Å². The molecule has 1 aliphatic carbocycles. The summed E-state index contributed by atoms with van der Waals surface area (Å²) in [6.07, 6.45) is 9.25. The van der Waals surface area contributed by atoms with E-state index in [4.69, 9.17) is 9.47 Å². The molecule has 0 radical (unpaired) electrons. The zero-order valence-corrected chi connectivity index (χ0v) is 26.8. The summed E-state index contributed by atoms with van der Waals surface area (Å²) < 4.78 is 11.9. The topological polar surface area (TPSA) is 173 Å². The molecule has 2 aromatic heterocycles. The third-order valence-electron chi connectivity index (χ3n) is 8.94. The molecule has 1 saturated heterocycles.